The summed E-state index contributed by atoms with van der Waals surface area (Å²) in [4.78, 5) is 12.1. The minimum Gasteiger partial charge on any atom is -0.394 e. The van der Waals surface area contributed by atoms with E-state index in [-0.39, 0.29) is 12.6 Å². The van der Waals surface area contributed by atoms with E-state index in [1.807, 2.05) is 62.7 Å². The Bertz CT molecular complexity index is 705. The highest BCUT2D eigenvalue weighted by Crippen LogP contribution is 2.14. The third-order valence-corrected chi connectivity index (χ3v) is 4.17. The van der Waals surface area contributed by atoms with Gasteiger partial charge < -0.3 is 15.7 Å². The number of carbonyl (C=O) groups excluding carboxylic acids is 1. The molecule has 1 heterocycles. The second-order valence-electron chi connectivity index (χ2n) is 6.44. The fraction of sp³-hybridized carbons (Fsp3) is 0.444. The maximum atomic E-state index is 12.1. The Morgan fingerprint density at radius 3 is 2.67 bits per heavy atom. The minimum absolute atomic E-state index is 0.102. The van der Waals surface area contributed by atoms with Gasteiger partial charge in [0.25, 0.3) is 0 Å². The molecular formula is C18H26N4O2. The number of nitrogens with zero attached hydrogens (tertiary/aromatic N) is 2. The number of aliphatic hydroxyl groups is 1. The van der Waals surface area contributed by atoms with Gasteiger partial charge in [-0.2, -0.15) is 5.10 Å². The van der Waals surface area contributed by atoms with Gasteiger partial charge in [-0.15, -0.1) is 0 Å². The van der Waals surface area contributed by atoms with Crippen LogP contribution in [0.2, 0.25) is 0 Å². The predicted octanol–water partition coefficient (Wildman–Crippen LogP) is 2.83. The number of benzene rings is 1. The summed E-state index contributed by atoms with van der Waals surface area (Å²) in [7, 11) is 0. The molecule has 2 amide bonds. The zero-order valence-corrected chi connectivity index (χ0v) is 14.8. The molecule has 0 bridgehead atoms. The summed E-state index contributed by atoms with van der Waals surface area (Å²) in [5.74, 6) is 0. The molecule has 1 aromatic carbocycles. The first-order valence-corrected chi connectivity index (χ1v) is 8.15. The number of rotatable bonds is 6. The standard InChI is InChI=1S/C18H26N4O2/c1-5-18(4,12-23)20-17(24)19-16-8-6-7-15(10-16)11-22-14(3)9-13(2)21-22/h6-10,23H,5,11-12H2,1-4H3,(H2,19,20,24). The molecule has 0 aliphatic carbocycles. The molecule has 1 atom stereocenters. The van der Waals surface area contributed by atoms with E-state index in [4.69, 9.17) is 0 Å². The van der Waals surface area contributed by atoms with Crippen LogP contribution in [0.25, 0.3) is 0 Å². The smallest absolute Gasteiger partial charge is 0.319 e. The molecule has 0 saturated carbocycles. The molecule has 0 spiro atoms. The van der Waals surface area contributed by atoms with Crippen molar-refractivity contribution in [1.29, 1.82) is 0 Å². The Labute approximate surface area is 142 Å². The molecule has 3 N–H and O–H groups in total. The van der Waals surface area contributed by atoms with Crippen LogP contribution < -0.4 is 10.6 Å². The third-order valence-electron chi connectivity index (χ3n) is 4.17. The van der Waals surface area contributed by atoms with Gasteiger partial charge in [0.05, 0.1) is 24.4 Å². The number of hydrogen-bond acceptors (Lipinski definition) is 3. The first-order valence-electron chi connectivity index (χ1n) is 8.15. The quantitative estimate of drug-likeness (QED) is 0.762. The van der Waals surface area contributed by atoms with E-state index in [1.165, 1.54) is 0 Å². The van der Waals surface area contributed by atoms with Crippen molar-refractivity contribution < 1.29 is 9.90 Å². The minimum atomic E-state index is -0.620. The van der Waals surface area contributed by atoms with Crippen LogP contribution in [0.3, 0.4) is 0 Å². The Balaban J connectivity index is 2.05. The highest BCUT2D eigenvalue weighted by Gasteiger charge is 2.23. The Kier molecular flexibility index (Phi) is 5.62. The van der Waals surface area contributed by atoms with Crippen LogP contribution in [-0.2, 0) is 6.54 Å². The summed E-state index contributed by atoms with van der Waals surface area (Å²) >= 11 is 0. The molecule has 24 heavy (non-hydrogen) atoms. The first-order chi connectivity index (χ1) is 11.3. The van der Waals surface area contributed by atoms with Gasteiger partial charge >= 0.3 is 6.03 Å². The molecule has 6 nitrogen and oxygen atoms in total. The lowest BCUT2D eigenvalue weighted by molar-refractivity contribution is 0.172. The molecule has 0 aliphatic rings. The second kappa shape index (κ2) is 7.49. The molecule has 0 radical (unpaired) electrons. The molecule has 1 aromatic heterocycles. The van der Waals surface area contributed by atoms with Crippen molar-refractivity contribution in [3.63, 3.8) is 0 Å². The summed E-state index contributed by atoms with van der Waals surface area (Å²) in [6, 6.07) is 9.39. The monoisotopic (exact) mass is 330 g/mol. The van der Waals surface area contributed by atoms with Crippen LogP contribution in [0.5, 0.6) is 0 Å². The molecule has 1 unspecified atom stereocenters. The highest BCUT2D eigenvalue weighted by atomic mass is 16.3. The van der Waals surface area contributed by atoms with Crippen LogP contribution in [0.1, 0.15) is 37.2 Å². The lowest BCUT2D eigenvalue weighted by atomic mass is 10.0. The van der Waals surface area contributed by atoms with Crippen molar-refractivity contribution in [3.05, 3.63) is 47.3 Å². The van der Waals surface area contributed by atoms with Crippen LogP contribution in [0.4, 0.5) is 10.5 Å². The molecule has 6 heteroatoms. The topological polar surface area (TPSA) is 79.2 Å². The Hall–Kier alpha value is -2.34. The van der Waals surface area contributed by atoms with Gasteiger partial charge in [-0.25, -0.2) is 4.79 Å². The van der Waals surface area contributed by atoms with Crippen LogP contribution in [-0.4, -0.2) is 33.1 Å². The molecule has 2 rings (SSSR count). The SMILES string of the molecule is CCC(C)(CO)NC(=O)Nc1cccc(Cn2nc(C)cc2C)c1. The number of urea groups is 1. The van der Waals surface area contributed by atoms with E-state index in [9.17, 15) is 9.90 Å². The first kappa shape index (κ1) is 18.0. The third kappa shape index (κ3) is 4.58. The summed E-state index contributed by atoms with van der Waals surface area (Å²) < 4.78 is 1.94. The molecule has 130 valence electrons. The summed E-state index contributed by atoms with van der Waals surface area (Å²) in [6.45, 7) is 8.28. The summed E-state index contributed by atoms with van der Waals surface area (Å²) in [5.41, 5.74) is 3.24. The van der Waals surface area contributed by atoms with Gasteiger partial charge in [-0.05, 0) is 51.0 Å². The maximum Gasteiger partial charge on any atom is 0.319 e. The van der Waals surface area contributed by atoms with Crippen molar-refractivity contribution in [3.8, 4) is 0 Å². The number of aryl methyl sites for hydroxylation is 2. The van der Waals surface area contributed by atoms with Crippen LogP contribution in [0, 0.1) is 13.8 Å². The maximum absolute atomic E-state index is 12.1. The number of amides is 2. The van der Waals surface area contributed by atoms with Crippen LogP contribution >= 0.6 is 0 Å². The number of aliphatic hydroxyl groups excluding tert-OH is 1. The lowest BCUT2D eigenvalue weighted by Gasteiger charge is -2.27. The van der Waals surface area contributed by atoms with Gasteiger partial charge in [-0.1, -0.05) is 19.1 Å². The zero-order valence-electron chi connectivity index (χ0n) is 14.8. The normalized spacial score (nSPS) is 13.4. The van der Waals surface area contributed by atoms with Crippen LogP contribution in [0.15, 0.2) is 30.3 Å². The number of anilines is 1. The van der Waals surface area contributed by atoms with E-state index in [2.05, 4.69) is 15.7 Å². The van der Waals surface area contributed by atoms with Crippen molar-refractivity contribution in [1.82, 2.24) is 15.1 Å². The molecule has 0 fully saturated rings. The van der Waals surface area contributed by atoms with E-state index in [0.717, 1.165) is 17.0 Å². The van der Waals surface area contributed by atoms with Crippen molar-refractivity contribution in [2.24, 2.45) is 0 Å². The number of hydrogen-bond donors (Lipinski definition) is 3. The Morgan fingerprint density at radius 2 is 2.08 bits per heavy atom. The zero-order chi connectivity index (χ0) is 17.7. The van der Waals surface area contributed by atoms with E-state index in [1.54, 1.807) is 0 Å². The van der Waals surface area contributed by atoms with Gasteiger partial charge in [0, 0.05) is 11.4 Å². The molecule has 0 saturated heterocycles. The fourth-order valence-corrected chi connectivity index (χ4v) is 2.43. The van der Waals surface area contributed by atoms with E-state index >= 15 is 0 Å². The number of carbonyl (C=O) groups is 1. The van der Waals surface area contributed by atoms with Crippen molar-refractivity contribution in [2.75, 3.05) is 11.9 Å². The van der Waals surface area contributed by atoms with Gasteiger partial charge in [0.15, 0.2) is 0 Å². The fourth-order valence-electron chi connectivity index (χ4n) is 2.43. The second-order valence-corrected chi connectivity index (χ2v) is 6.44. The number of nitrogens with one attached hydrogen (secondary N) is 2. The van der Waals surface area contributed by atoms with Crippen molar-refractivity contribution in [2.45, 2.75) is 46.2 Å². The highest BCUT2D eigenvalue weighted by molar-refractivity contribution is 5.89. The van der Waals surface area contributed by atoms with Gasteiger partial charge in [0.2, 0.25) is 0 Å². The summed E-state index contributed by atoms with van der Waals surface area (Å²) in [5, 5.41) is 19.5. The van der Waals surface area contributed by atoms with E-state index in [0.29, 0.717) is 18.7 Å². The molecular weight excluding hydrogens is 304 g/mol. The molecule has 2 aromatic rings. The van der Waals surface area contributed by atoms with Gasteiger partial charge in [0.1, 0.15) is 0 Å². The average Bonchev–Trinajstić information content (AvgIpc) is 2.85. The lowest BCUT2D eigenvalue weighted by Crippen LogP contribution is -2.50. The average molecular weight is 330 g/mol. The van der Waals surface area contributed by atoms with Crippen molar-refractivity contribution >= 4 is 11.7 Å². The van der Waals surface area contributed by atoms with E-state index < -0.39 is 5.54 Å². The predicted molar refractivity (Wildman–Crippen MR) is 95.2 cm³/mol. The molecule has 0 aliphatic heterocycles. The largest absolute Gasteiger partial charge is 0.394 e. The van der Waals surface area contributed by atoms with Gasteiger partial charge in [-0.3, -0.25) is 4.68 Å². The summed E-state index contributed by atoms with van der Waals surface area (Å²) in [6.07, 6.45) is 0.648. The number of aromatic nitrogens is 2. The Morgan fingerprint density at radius 1 is 1.33 bits per heavy atom.